The molecule has 23 heavy (non-hydrogen) atoms. The lowest BCUT2D eigenvalue weighted by atomic mass is 10.0. The van der Waals surface area contributed by atoms with Crippen molar-refractivity contribution in [2.24, 2.45) is 0 Å². The van der Waals surface area contributed by atoms with Crippen molar-refractivity contribution in [1.29, 1.82) is 0 Å². The summed E-state index contributed by atoms with van der Waals surface area (Å²) >= 11 is 0. The van der Waals surface area contributed by atoms with Crippen molar-refractivity contribution in [3.8, 4) is 0 Å². The summed E-state index contributed by atoms with van der Waals surface area (Å²) < 4.78 is 7.89. The minimum Gasteiger partial charge on any atom is -0.451 e. The molecular formula is C18H19N3O2. The molecule has 0 aliphatic carbocycles. The highest BCUT2D eigenvalue weighted by Crippen LogP contribution is 2.26. The van der Waals surface area contributed by atoms with Crippen LogP contribution in [-0.4, -0.2) is 33.4 Å². The first-order valence-corrected chi connectivity index (χ1v) is 7.99. The number of nitrogens with zero attached hydrogens (tertiary/aromatic N) is 3. The quantitative estimate of drug-likeness (QED) is 0.729. The molecular weight excluding hydrogens is 290 g/mol. The van der Waals surface area contributed by atoms with Crippen LogP contribution in [0.2, 0.25) is 0 Å². The number of benzene rings is 1. The molecule has 118 valence electrons. The Hall–Kier alpha value is -2.56. The van der Waals surface area contributed by atoms with Crippen LogP contribution in [0.4, 0.5) is 0 Å². The predicted molar refractivity (Wildman–Crippen MR) is 87.4 cm³/mol. The third kappa shape index (κ3) is 2.52. The molecule has 0 spiro atoms. The van der Waals surface area contributed by atoms with Gasteiger partial charge in [-0.05, 0) is 31.9 Å². The van der Waals surface area contributed by atoms with E-state index in [0.717, 1.165) is 36.2 Å². The van der Waals surface area contributed by atoms with E-state index >= 15 is 0 Å². The van der Waals surface area contributed by atoms with E-state index in [0.29, 0.717) is 18.3 Å². The van der Waals surface area contributed by atoms with Gasteiger partial charge in [0.2, 0.25) is 0 Å². The molecule has 0 N–H and O–H groups in total. The number of aryl methyl sites for hydroxylation is 1. The van der Waals surface area contributed by atoms with Gasteiger partial charge in [0.15, 0.2) is 5.76 Å². The van der Waals surface area contributed by atoms with Crippen LogP contribution in [0.25, 0.3) is 11.0 Å². The fourth-order valence-electron chi connectivity index (χ4n) is 3.38. The molecule has 1 aromatic carbocycles. The molecule has 3 aromatic rings. The first-order chi connectivity index (χ1) is 11.2. The van der Waals surface area contributed by atoms with Crippen LogP contribution < -0.4 is 0 Å². The third-order valence-electron chi connectivity index (χ3n) is 4.58. The zero-order chi connectivity index (χ0) is 15.8. The van der Waals surface area contributed by atoms with E-state index < -0.39 is 0 Å². The second kappa shape index (κ2) is 5.57. The van der Waals surface area contributed by atoms with Gasteiger partial charge in [-0.15, -0.1) is 0 Å². The largest absolute Gasteiger partial charge is 0.451 e. The van der Waals surface area contributed by atoms with Gasteiger partial charge in [0.05, 0.1) is 6.04 Å². The van der Waals surface area contributed by atoms with Crippen LogP contribution >= 0.6 is 0 Å². The fraction of sp³-hybridized carbons (Fsp3) is 0.333. The smallest absolute Gasteiger partial charge is 0.289 e. The van der Waals surface area contributed by atoms with Crippen molar-refractivity contribution >= 4 is 16.9 Å². The van der Waals surface area contributed by atoms with E-state index in [4.69, 9.17) is 4.42 Å². The summed E-state index contributed by atoms with van der Waals surface area (Å²) in [6.45, 7) is 3.48. The van der Waals surface area contributed by atoms with Crippen molar-refractivity contribution in [2.45, 2.75) is 25.8 Å². The summed E-state index contributed by atoms with van der Waals surface area (Å²) in [4.78, 5) is 19.0. The maximum atomic E-state index is 12.8. The van der Waals surface area contributed by atoms with E-state index in [-0.39, 0.29) is 5.91 Å². The van der Waals surface area contributed by atoms with Gasteiger partial charge in [0.25, 0.3) is 5.91 Å². The standard InChI is InChI=1S/C18H19N3O2/c1-13-19-8-10-21(13)15-6-4-9-20(12-15)18(22)17-11-14-5-2-3-7-16(14)23-17/h2-3,5,7-8,10-11,15H,4,6,9,12H2,1H3. The molecule has 1 atom stereocenters. The van der Waals surface area contributed by atoms with Crippen LogP contribution in [0.15, 0.2) is 47.1 Å². The fourth-order valence-corrected chi connectivity index (χ4v) is 3.38. The number of carbonyl (C=O) groups is 1. The number of hydrogen-bond donors (Lipinski definition) is 0. The zero-order valence-corrected chi connectivity index (χ0v) is 13.1. The van der Waals surface area contributed by atoms with Gasteiger partial charge in [-0.2, -0.15) is 0 Å². The van der Waals surface area contributed by atoms with Crippen molar-refractivity contribution in [2.75, 3.05) is 13.1 Å². The van der Waals surface area contributed by atoms with E-state index in [1.165, 1.54) is 0 Å². The summed E-state index contributed by atoms with van der Waals surface area (Å²) in [5.74, 6) is 1.39. The van der Waals surface area contributed by atoms with Gasteiger partial charge >= 0.3 is 0 Å². The lowest BCUT2D eigenvalue weighted by molar-refractivity contribution is 0.0648. The molecule has 2 aromatic heterocycles. The lowest BCUT2D eigenvalue weighted by Crippen LogP contribution is -2.40. The molecule has 5 heteroatoms. The van der Waals surface area contributed by atoms with Crippen molar-refractivity contribution < 1.29 is 9.21 Å². The maximum absolute atomic E-state index is 12.8. The molecule has 1 amide bonds. The minimum absolute atomic E-state index is 0.0244. The molecule has 3 heterocycles. The van der Waals surface area contributed by atoms with Gasteiger partial charge in [-0.3, -0.25) is 4.79 Å². The Morgan fingerprint density at radius 1 is 1.35 bits per heavy atom. The zero-order valence-electron chi connectivity index (χ0n) is 13.1. The highest BCUT2D eigenvalue weighted by molar-refractivity contribution is 5.96. The number of para-hydroxylation sites is 1. The summed E-state index contributed by atoms with van der Waals surface area (Å²) in [7, 11) is 0. The summed E-state index contributed by atoms with van der Waals surface area (Å²) in [5, 5.41) is 0.967. The molecule has 1 fully saturated rings. The van der Waals surface area contributed by atoms with E-state index in [2.05, 4.69) is 9.55 Å². The average Bonchev–Trinajstić information content (AvgIpc) is 3.20. The van der Waals surface area contributed by atoms with Gasteiger partial charge in [-0.25, -0.2) is 4.98 Å². The first-order valence-electron chi connectivity index (χ1n) is 7.99. The monoisotopic (exact) mass is 309 g/mol. The van der Waals surface area contributed by atoms with Crippen LogP contribution in [0.3, 0.4) is 0 Å². The topological polar surface area (TPSA) is 51.3 Å². The molecule has 1 unspecified atom stereocenters. The minimum atomic E-state index is -0.0244. The summed E-state index contributed by atoms with van der Waals surface area (Å²) in [6.07, 6.45) is 5.87. The number of carbonyl (C=O) groups excluding carboxylic acids is 1. The number of likely N-dealkylation sites (tertiary alicyclic amines) is 1. The van der Waals surface area contributed by atoms with E-state index in [9.17, 15) is 4.79 Å². The maximum Gasteiger partial charge on any atom is 0.289 e. The van der Waals surface area contributed by atoms with Gasteiger partial charge < -0.3 is 13.9 Å². The van der Waals surface area contributed by atoms with Gasteiger partial charge in [-0.1, -0.05) is 18.2 Å². The second-order valence-electron chi connectivity index (χ2n) is 6.08. The number of rotatable bonds is 2. The summed E-state index contributed by atoms with van der Waals surface area (Å²) in [6, 6.07) is 9.84. The van der Waals surface area contributed by atoms with Crippen LogP contribution in [0.1, 0.15) is 35.3 Å². The Bertz CT molecular complexity index is 816. The highest BCUT2D eigenvalue weighted by atomic mass is 16.3. The number of aromatic nitrogens is 2. The average molecular weight is 309 g/mol. The molecule has 0 saturated carbocycles. The second-order valence-corrected chi connectivity index (χ2v) is 6.08. The molecule has 1 saturated heterocycles. The Kier molecular flexibility index (Phi) is 3.41. The lowest BCUT2D eigenvalue weighted by Gasteiger charge is -2.33. The number of hydrogen-bond acceptors (Lipinski definition) is 3. The summed E-state index contributed by atoms with van der Waals surface area (Å²) in [5.41, 5.74) is 0.759. The number of imidazole rings is 1. The Balaban J connectivity index is 1.57. The SMILES string of the molecule is Cc1nccn1C1CCCN(C(=O)c2cc3ccccc3o2)C1. The van der Waals surface area contributed by atoms with Crippen molar-refractivity contribution in [1.82, 2.24) is 14.5 Å². The van der Waals surface area contributed by atoms with Crippen LogP contribution in [0, 0.1) is 6.92 Å². The number of furan rings is 1. The van der Waals surface area contributed by atoms with Crippen LogP contribution in [0.5, 0.6) is 0 Å². The molecule has 0 bridgehead atoms. The van der Waals surface area contributed by atoms with Gasteiger partial charge in [0, 0.05) is 30.9 Å². The van der Waals surface area contributed by atoms with E-state index in [1.54, 1.807) is 0 Å². The van der Waals surface area contributed by atoms with Crippen molar-refractivity contribution in [3.05, 3.63) is 54.3 Å². The molecule has 0 radical (unpaired) electrons. The van der Waals surface area contributed by atoms with Crippen LogP contribution in [-0.2, 0) is 0 Å². The Morgan fingerprint density at radius 3 is 3.00 bits per heavy atom. The Morgan fingerprint density at radius 2 is 2.22 bits per heavy atom. The number of amides is 1. The molecule has 1 aliphatic heterocycles. The highest BCUT2D eigenvalue weighted by Gasteiger charge is 2.27. The Labute approximate surface area is 134 Å². The van der Waals surface area contributed by atoms with Gasteiger partial charge in [0.1, 0.15) is 11.4 Å². The van der Waals surface area contributed by atoms with E-state index in [1.807, 2.05) is 54.5 Å². The number of piperidine rings is 1. The van der Waals surface area contributed by atoms with Crippen molar-refractivity contribution in [3.63, 3.8) is 0 Å². The molecule has 5 nitrogen and oxygen atoms in total. The molecule has 1 aliphatic rings. The molecule has 4 rings (SSSR count). The predicted octanol–water partition coefficient (Wildman–Crippen LogP) is 3.42. The first kappa shape index (κ1) is 14.1. The number of fused-ring (bicyclic) bond motifs is 1. The normalized spacial score (nSPS) is 18.5. The third-order valence-corrected chi connectivity index (χ3v) is 4.58.